The molecule has 0 aromatic heterocycles. The Hall–Kier alpha value is -1.02. The fourth-order valence-corrected chi connectivity index (χ4v) is 0. The largest absolute Gasteiger partial charge is 2.00 e. The molecule has 18 nitrogen and oxygen atoms in total. The molecule has 0 saturated carbocycles. The quantitative estimate of drug-likeness (QED) is 0.188. The van der Waals surface area contributed by atoms with Gasteiger partial charge in [0.15, 0.2) is 0 Å². The Morgan fingerprint density at radius 2 is 0.625 bits per heavy atom. The summed E-state index contributed by atoms with van der Waals surface area (Å²) in [7, 11) is 0. The van der Waals surface area contributed by atoms with Gasteiger partial charge in [-0.05, 0) is 13.8 Å². The minimum absolute atomic E-state index is 0. The SMILES string of the molecule is CC(=O)[O-].CC(=O)[O-].O.O.O.O.O.O.O=[N+]([O-])[O-].O=[N+]([O-])[O-].[Ca+2].[Zn+2]. The fraction of sp³-hybridized carbons (Fsp3) is 0.500. The molecule has 0 aromatic rings. The van der Waals surface area contributed by atoms with Crippen LogP contribution in [0.3, 0.4) is 0 Å². The van der Waals surface area contributed by atoms with Crippen molar-refractivity contribution in [3.63, 3.8) is 0 Å². The van der Waals surface area contributed by atoms with Crippen LogP contribution in [0.15, 0.2) is 0 Å². The van der Waals surface area contributed by atoms with Gasteiger partial charge in [-0.3, -0.25) is 0 Å². The van der Waals surface area contributed by atoms with Gasteiger partial charge in [-0.15, -0.1) is 0 Å². The first-order chi connectivity index (χ1) is 6.93. The van der Waals surface area contributed by atoms with E-state index >= 15 is 0 Å². The summed E-state index contributed by atoms with van der Waals surface area (Å²) in [6.07, 6.45) is 0. The van der Waals surface area contributed by atoms with Gasteiger partial charge in [-0.25, -0.2) is 0 Å². The molecule has 144 valence electrons. The van der Waals surface area contributed by atoms with E-state index in [9.17, 15) is 0 Å². The van der Waals surface area contributed by atoms with Crippen LogP contribution in [0.4, 0.5) is 0 Å². The number of carbonyl (C=O) groups is 2. The second kappa shape index (κ2) is 80.2. The maximum atomic E-state index is 8.89. The Morgan fingerprint density at radius 1 is 0.625 bits per heavy atom. The van der Waals surface area contributed by atoms with Gasteiger partial charge in [0.1, 0.15) is 0 Å². The van der Waals surface area contributed by atoms with Gasteiger partial charge in [0.05, 0.1) is 10.2 Å². The van der Waals surface area contributed by atoms with Crippen molar-refractivity contribution in [3.05, 3.63) is 30.6 Å². The van der Waals surface area contributed by atoms with Crippen molar-refractivity contribution in [1.82, 2.24) is 0 Å². The van der Waals surface area contributed by atoms with Crippen molar-refractivity contribution in [3.8, 4) is 0 Å². The molecular weight excluding hydrogens is 438 g/mol. The number of hydrogen-bond acceptors (Lipinski definition) is 10. The van der Waals surface area contributed by atoms with Crippen molar-refractivity contribution in [2.24, 2.45) is 0 Å². The Balaban J connectivity index is -0.00000000720. The van der Waals surface area contributed by atoms with Gasteiger partial charge in [0.25, 0.3) is 0 Å². The maximum Gasteiger partial charge on any atom is 2.00 e. The van der Waals surface area contributed by atoms with Crippen LogP contribution in [-0.2, 0) is 29.1 Å². The summed E-state index contributed by atoms with van der Waals surface area (Å²) in [4.78, 5) is 34.3. The van der Waals surface area contributed by atoms with Gasteiger partial charge in [0, 0.05) is 11.9 Å². The predicted octanol–water partition coefficient (Wildman–Crippen LogP) is -8.30. The summed E-state index contributed by atoms with van der Waals surface area (Å²) >= 11 is 0. The second-order valence-electron chi connectivity index (χ2n) is 1.43. The Labute approximate surface area is 175 Å². The first-order valence-corrected chi connectivity index (χ1v) is 2.91. The summed E-state index contributed by atoms with van der Waals surface area (Å²) in [5.74, 6) is -2.17. The zero-order valence-electron chi connectivity index (χ0n) is 12.4. The van der Waals surface area contributed by atoms with E-state index in [2.05, 4.69) is 0 Å². The van der Waals surface area contributed by atoms with E-state index in [1.165, 1.54) is 0 Å². The van der Waals surface area contributed by atoms with Crippen LogP contribution in [0.1, 0.15) is 13.8 Å². The Bertz CT molecular complexity index is 176. The number of hydrogen-bond donors (Lipinski definition) is 0. The monoisotopic (exact) mass is 454 g/mol. The molecule has 0 atom stereocenters. The van der Waals surface area contributed by atoms with Crippen LogP contribution in [0.2, 0.25) is 0 Å². The molecular formula is C4H18CaN2O16Zn. The van der Waals surface area contributed by atoms with Gasteiger partial charge in [-0.2, -0.15) is 0 Å². The number of rotatable bonds is 0. The van der Waals surface area contributed by atoms with Crippen LogP contribution in [0.5, 0.6) is 0 Å². The minimum atomic E-state index is -1.75. The van der Waals surface area contributed by atoms with Crippen molar-refractivity contribution >= 4 is 49.7 Å². The molecule has 0 rings (SSSR count). The van der Waals surface area contributed by atoms with Gasteiger partial charge in [-0.1, -0.05) is 0 Å². The van der Waals surface area contributed by atoms with E-state index in [4.69, 9.17) is 50.4 Å². The molecule has 24 heavy (non-hydrogen) atoms. The fourth-order valence-electron chi connectivity index (χ4n) is 0. The van der Waals surface area contributed by atoms with Gasteiger partial charge >= 0.3 is 57.2 Å². The van der Waals surface area contributed by atoms with Crippen molar-refractivity contribution in [2.45, 2.75) is 13.8 Å². The van der Waals surface area contributed by atoms with E-state index in [0.717, 1.165) is 13.8 Å². The summed E-state index contributed by atoms with van der Waals surface area (Å²) in [5.41, 5.74) is 0. The molecule has 0 radical (unpaired) electrons. The Morgan fingerprint density at radius 3 is 0.625 bits per heavy atom. The van der Waals surface area contributed by atoms with Crippen LogP contribution in [0, 0.1) is 30.6 Å². The summed E-state index contributed by atoms with van der Waals surface area (Å²) in [5, 5.41) is 47.3. The summed E-state index contributed by atoms with van der Waals surface area (Å²) in [6.45, 7) is 1.94. The first-order valence-electron chi connectivity index (χ1n) is 2.91. The number of carboxylic acid groups (broad SMARTS) is 2. The van der Waals surface area contributed by atoms with Crippen molar-refractivity contribution < 1.29 is 82.3 Å². The van der Waals surface area contributed by atoms with Gasteiger partial charge < -0.3 is 83.3 Å². The van der Waals surface area contributed by atoms with E-state index in [0.29, 0.717) is 0 Å². The van der Waals surface area contributed by atoms with E-state index in [1.807, 2.05) is 0 Å². The second-order valence-corrected chi connectivity index (χ2v) is 1.43. The average molecular weight is 456 g/mol. The molecule has 0 aliphatic rings. The molecule has 0 aliphatic carbocycles. The zero-order chi connectivity index (χ0) is 14.3. The third-order valence-electron chi connectivity index (χ3n) is 0. The van der Waals surface area contributed by atoms with Crippen LogP contribution in [0.25, 0.3) is 0 Å². The summed E-state index contributed by atoms with van der Waals surface area (Å²) < 4.78 is 0. The zero-order valence-corrected chi connectivity index (χ0v) is 17.6. The molecule has 0 aromatic carbocycles. The van der Waals surface area contributed by atoms with E-state index in [1.54, 1.807) is 0 Å². The van der Waals surface area contributed by atoms with Crippen LogP contribution < -0.4 is 10.2 Å². The number of aliphatic carboxylic acids is 2. The van der Waals surface area contributed by atoms with Crippen LogP contribution in [-0.4, -0.2) is 92.7 Å². The minimum Gasteiger partial charge on any atom is -0.550 e. The van der Waals surface area contributed by atoms with Gasteiger partial charge in [0.2, 0.25) is 0 Å². The number of carbonyl (C=O) groups excluding carboxylic acids is 2. The topological polar surface area (TPSA) is 402 Å². The maximum absolute atomic E-state index is 8.89. The Kier molecular flexibility index (Phi) is 308. The molecule has 20 heteroatoms. The third-order valence-corrected chi connectivity index (χ3v) is 0. The molecule has 12 N–H and O–H groups in total. The molecule has 0 aliphatic heterocycles. The predicted molar refractivity (Wildman–Crippen MR) is 69.5 cm³/mol. The molecule has 0 amide bonds. The summed E-state index contributed by atoms with van der Waals surface area (Å²) in [6, 6.07) is 0. The van der Waals surface area contributed by atoms with E-state index < -0.39 is 22.1 Å². The van der Waals surface area contributed by atoms with Crippen molar-refractivity contribution in [1.29, 1.82) is 0 Å². The standard InChI is InChI=1S/2C2H4O2.Ca.2NO3.6H2O.Zn/c2*1-2(3)4;;2*2-1(3)4;;;;;;;/h2*1H3,(H,3,4);;;;6*1H2;/q;;+2;2*-1;;;;;;;+2/p-2. The van der Waals surface area contributed by atoms with Crippen LogP contribution >= 0.6 is 0 Å². The number of carboxylic acids is 2. The molecule has 0 spiro atoms. The normalized spacial score (nSPS) is 4.08. The number of nitrogens with zero attached hydrogens (tertiary/aromatic N) is 2. The molecule has 0 unspecified atom stereocenters. The molecule has 0 heterocycles. The van der Waals surface area contributed by atoms with Crippen molar-refractivity contribution in [2.75, 3.05) is 0 Å². The smallest absolute Gasteiger partial charge is 0.550 e. The van der Waals surface area contributed by atoms with E-state index in [-0.39, 0.29) is 90.1 Å². The molecule has 0 fully saturated rings. The molecule has 0 bridgehead atoms. The average Bonchev–Trinajstić information content (AvgIpc) is 1.76. The molecule has 0 saturated heterocycles. The first kappa shape index (κ1) is 92.1. The third kappa shape index (κ3) is 8100.